The van der Waals surface area contributed by atoms with Crippen molar-refractivity contribution in [2.45, 2.75) is 60.8 Å². The zero-order valence-corrected chi connectivity index (χ0v) is 23.8. The molecule has 202 valence electrons. The number of hydrogen-bond donors (Lipinski definition) is 2. The number of ether oxygens (including phenoxy) is 1. The molecule has 2 N–H and O–H groups in total. The minimum atomic E-state index is -0.213. The van der Waals surface area contributed by atoms with Crippen LogP contribution in [0.5, 0.6) is 0 Å². The second-order valence-corrected chi connectivity index (χ2v) is 10.7. The molecule has 2 unspecified atom stereocenters. The molecule has 7 heteroatoms. The van der Waals surface area contributed by atoms with Crippen LogP contribution in [0, 0.1) is 11.8 Å². The summed E-state index contributed by atoms with van der Waals surface area (Å²) in [6.45, 7) is 12.6. The van der Waals surface area contributed by atoms with Gasteiger partial charge in [-0.25, -0.2) is 15.0 Å². The summed E-state index contributed by atoms with van der Waals surface area (Å²) in [6, 6.07) is 0. The van der Waals surface area contributed by atoms with Crippen molar-refractivity contribution in [1.82, 2.24) is 5.32 Å². The molecule has 0 amide bonds. The zero-order chi connectivity index (χ0) is 28.0. The minimum Gasteiger partial charge on any atom is -0.515 e. The number of aliphatic hydroxyl groups is 1. The lowest BCUT2D eigenvalue weighted by atomic mass is 9.86. The summed E-state index contributed by atoms with van der Waals surface area (Å²) in [5.74, 6) is -0.000916. The largest absolute Gasteiger partial charge is 0.515 e. The normalized spacial score (nSPS) is 25.3. The van der Waals surface area contributed by atoms with Crippen LogP contribution in [0.15, 0.2) is 107 Å². The summed E-state index contributed by atoms with van der Waals surface area (Å²) >= 11 is 0. The highest BCUT2D eigenvalue weighted by Crippen LogP contribution is 2.41. The van der Waals surface area contributed by atoms with Crippen molar-refractivity contribution in [2.24, 2.45) is 26.8 Å². The van der Waals surface area contributed by atoms with Gasteiger partial charge in [-0.2, -0.15) is 0 Å². The average Bonchev–Trinajstić information content (AvgIpc) is 3.61. The van der Waals surface area contributed by atoms with Gasteiger partial charge >= 0.3 is 5.97 Å². The molecule has 39 heavy (non-hydrogen) atoms. The number of nitrogens with zero attached hydrogens (tertiary/aromatic N) is 3. The van der Waals surface area contributed by atoms with Gasteiger partial charge in [-0.05, 0) is 92.7 Å². The van der Waals surface area contributed by atoms with Gasteiger partial charge in [-0.3, -0.25) is 4.79 Å². The topological polar surface area (TPSA) is 95.6 Å². The fraction of sp³-hybridized carbons (Fsp3) is 0.375. The molecule has 0 aromatic carbocycles. The van der Waals surface area contributed by atoms with Crippen LogP contribution in [-0.4, -0.2) is 35.3 Å². The number of nitrogens with one attached hydrogen (secondary N) is 1. The van der Waals surface area contributed by atoms with Crippen LogP contribution >= 0.6 is 0 Å². The number of fused-ring (bicyclic) bond motifs is 5. The first kappa shape index (κ1) is 26.6. The van der Waals surface area contributed by atoms with Gasteiger partial charge in [0, 0.05) is 35.2 Å². The number of methoxy groups -OCH3 is 1. The van der Waals surface area contributed by atoms with Crippen LogP contribution in [0.4, 0.5) is 0 Å². The Morgan fingerprint density at radius 1 is 0.974 bits per heavy atom. The zero-order valence-electron chi connectivity index (χ0n) is 23.8. The quantitative estimate of drug-likeness (QED) is 0.325. The van der Waals surface area contributed by atoms with Crippen molar-refractivity contribution in [2.75, 3.05) is 7.11 Å². The highest BCUT2D eigenvalue weighted by molar-refractivity contribution is 6.18. The van der Waals surface area contributed by atoms with E-state index in [1.165, 1.54) is 12.7 Å². The lowest BCUT2D eigenvalue weighted by molar-refractivity contribution is -0.140. The lowest BCUT2D eigenvalue weighted by Gasteiger charge is -2.17. The maximum Gasteiger partial charge on any atom is 0.305 e. The SMILES string of the molecule is CCC1=C(C)C2=CC3=NC(=C(C)C3=CO)C=C3NC(=C(C)C4=NC(=CC1=N2)C(C)=C4)C(CCC(=O)OC)C3C. The molecule has 1 saturated heterocycles. The Labute approximate surface area is 230 Å². The van der Waals surface area contributed by atoms with E-state index < -0.39 is 0 Å². The van der Waals surface area contributed by atoms with E-state index in [9.17, 15) is 9.90 Å². The Morgan fingerprint density at radius 2 is 1.69 bits per heavy atom. The molecule has 0 aromatic rings. The fourth-order valence-corrected chi connectivity index (χ4v) is 5.90. The maximum absolute atomic E-state index is 12.1. The van der Waals surface area contributed by atoms with E-state index in [0.29, 0.717) is 24.1 Å². The number of carbonyl (C=O) groups excluding carboxylic acids is 1. The van der Waals surface area contributed by atoms with Crippen molar-refractivity contribution < 1.29 is 14.6 Å². The van der Waals surface area contributed by atoms with E-state index >= 15 is 0 Å². The first-order chi connectivity index (χ1) is 18.7. The van der Waals surface area contributed by atoms with Crippen LogP contribution < -0.4 is 5.32 Å². The van der Waals surface area contributed by atoms with Crippen molar-refractivity contribution in [3.63, 3.8) is 0 Å². The predicted octanol–water partition coefficient (Wildman–Crippen LogP) is 6.49. The summed E-state index contributed by atoms with van der Waals surface area (Å²) in [5, 5.41) is 13.8. The van der Waals surface area contributed by atoms with Gasteiger partial charge in [-0.15, -0.1) is 0 Å². The number of aliphatic imine (C=N–C) groups is 3. The number of rotatable bonds is 4. The van der Waals surface area contributed by atoms with Gasteiger partial charge in [0.2, 0.25) is 0 Å². The van der Waals surface area contributed by atoms with E-state index in [4.69, 9.17) is 19.7 Å². The molecule has 0 aliphatic carbocycles. The Bertz CT molecular complexity index is 1520. The molecule has 5 aliphatic rings. The van der Waals surface area contributed by atoms with Crippen molar-refractivity contribution >= 4 is 23.1 Å². The minimum absolute atomic E-state index is 0.0915. The second-order valence-electron chi connectivity index (χ2n) is 10.7. The van der Waals surface area contributed by atoms with Gasteiger partial charge < -0.3 is 15.2 Å². The molecular formula is C32H36N4O3. The highest BCUT2D eigenvalue weighted by Gasteiger charge is 2.36. The fourth-order valence-electron chi connectivity index (χ4n) is 5.90. The lowest BCUT2D eigenvalue weighted by Crippen LogP contribution is -2.15. The molecule has 0 radical (unpaired) electrons. The smallest absolute Gasteiger partial charge is 0.305 e. The van der Waals surface area contributed by atoms with Crippen LogP contribution in [0.2, 0.25) is 0 Å². The van der Waals surface area contributed by atoms with Crippen LogP contribution in [-0.2, 0) is 9.53 Å². The molecule has 8 bridgehead atoms. The first-order valence-corrected chi connectivity index (χ1v) is 13.6. The Hall–Kier alpha value is -4.00. The third-order valence-electron chi connectivity index (χ3n) is 8.43. The number of allylic oxidation sites excluding steroid dienone is 12. The predicted molar refractivity (Wildman–Crippen MR) is 156 cm³/mol. The standard InChI is InChI=1S/C32H36N4O3/c1-8-21-17(3)27-14-30-23(15-37)19(5)26(35-30)13-28-18(4)22(9-10-31(38)39-7)32(36-28)20(6)25-11-16(2)24(33-25)12-29(21)34-27/h11-15,18,22,36-37H,8-10H2,1-7H3. The van der Waals surface area contributed by atoms with Crippen molar-refractivity contribution in [1.29, 1.82) is 0 Å². The van der Waals surface area contributed by atoms with Gasteiger partial charge in [0.15, 0.2) is 0 Å². The molecular weight excluding hydrogens is 488 g/mol. The van der Waals surface area contributed by atoms with Gasteiger partial charge in [0.05, 0.1) is 47.6 Å². The van der Waals surface area contributed by atoms with Crippen molar-refractivity contribution in [3.8, 4) is 0 Å². The molecule has 0 aromatic heterocycles. The summed E-state index contributed by atoms with van der Waals surface area (Å²) in [5.41, 5.74) is 13.2. The van der Waals surface area contributed by atoms with Crippen LogP contribution in [0.1, 0.15) is 60.8 Å². The van der Waals surface area contributed by atoms with Gasteiger partial charge in [0.1, 0.15) is 0 Å². The molecule has 5 aliphatic heterocycles. The Kier molecular flexibility index (Phi) is 7.02. The Balaban J connectivity index is 1.73. The van der Waals surface area contributed by atoms with E-state index in [0.717, 1.165) is 74.9 Å². The number of aliphatic hydroxyl groups excluding tert-OH is 1. The Morgan fingerprint density at radius 3 is 2.38 bits per heavy atom. The summed E-state index contributed by atoms with van der Waals surface area (Å²) in [7, 11) is 1.43. The van der Waals surface area contributed by atoms with E-state index in [1.54, 1.807) is 0 Å². The molecule has 5 heterocycles. The third kappa shape index (κ3) is 4.60. The molecule has 0 saturated carbocycles. The third-order valence-corrected chi connectivity index (χ3v) is 8.43. The van der Waals surface area contributed by atoms with Gasteiger partial charge in [-0.1, -0.05) is 13.8 Å². The number of esters is 1. The summed E-state index contributed by atoms with van der Waals surface area (Å²) in [4.78, 5) is 27.0. The highest BCUT2D eigenvalue weighted by atomic mass is 16.5. The van der Waals surface area contributed by atoms with Crippen LogP contribution in [0.3, 0.4) is 0 Å². The number of hydrogen-bond acceptors (Lipinski definition) is 7. The summed E-state index contributed by atoms with van der Waals surface area (Å²) in [6.07, 6.45) is 11.2. The van der Waals surface area contributed by atoms with E-state index in [2.05, 4.69) is 58.2 Å². The first-order valence-electron chi connectivity index (χ1n) is 13.6. The molecule has 0 spiro atoms. The van der Waals surface area contributed by atoms with Crippen LogP contribution in [0.25, 0.3) is 0 Å². The molecule has 5 rings (SSSR count). The molecule has 7 nitrogen and oxygen atoms in total. The molecule has 1 fully saturated rings. The summed E-state index contributed by atoms with van der Waals surface area (Å²) < 4.78 is 4.94. The monoisotopic (exact) mass is 524 g/mol. The van der Waals surface area contributed by atoms with E-state index in [-0.39, 0.29) is 17.8 Å². The van der Waals surface area contributed by atoms with Crippen molar-refractivity contribution in [3.05, 3.63) is 92.5 Å². The second kappa shape index (κ2) is 10.3. The molecule has 2 atom stereocenters. The average molecular weight is 525 g/mol. The van der Waals surface area contributed by atoms with E-state index in [1.807, 2.05) is 13.0 Å². The number of carbonyl (C=O) groups is 1. The van der Waals surface area contributed by atoms with Gasteiger partial charge in [0.25, 0.3) is 0 Å². The maximum atomic E-state index is 12.1.